The molecule has 8 heterocycles. The summed E-state index contributed by atoms with van der Waals surface area (Å²) < 4.78 is 25.5. The summed E-state index contributed by atoms with van der Waals surface area (Å²) in [6, 6.07) is 1.03. The molecule has 2 unspecified atom stereocenters. The number of likely N-dealkylation sites (tertiary alicyclic amines) is 4. The molecular weight excluding hydrogens is 1440 g/mol. The van der Waals surface area contributed by atoms with Crippen molar-refractivity contribution in [1.82, 2.24) is 63.9 Å². The average molecular weight is 1630 g/mol. The van der Waals surface area contributed by atoms with Crippen LogP contribution in [0.15, 0.2) is 0 Å². The van der Waals surface area contributed by atoms with E-state index in [1.807, 2.05) is 46.4 Å². The van der Waals surface area contributed by atoms with Crippen LogP contribution in [0.1, 0.15) is 362 Å². The molecule has 19 heteroatoms. The van der Waals surface area contributed by atoms with E-state index in [-0.39, 0.29) is 61.8 Å². The van der Waals surface area contributed by atoms with E-state index in [0.717, 1.165) is 103 Å². The number of amides is 3. The molecule has 0 radical (unpaired) electrons. The summed E-state index contributed by atoms with van der Waals surface area (Å²) in [5, 5.41) is 6.22. The third-order valence-corrected chi connectivity index (χ3v) is 27.5. The predicted molar refractivity (Wildman–Crippen MR) is 492 cm³/mol. The molecule has 2 N–H and O–H groups in total. The molecule has 8 fully saturated rings. The van der Waals surface area contributed by atoms with Crippen molar-refractivity contribution in [1.29, 1.82) is 0 Å². The van der Waals surface area contributed by atoms with Gasteiger partial charge in [0.1, 0.15) is 5.54 Å². The van der Waals surface area contributed by atoms with E-state index in [2.05, 4.69) is 290 Å². The predicted octanol–water partition coefficient (Wildman–Crippen LogP) is 18.2. The molecule has 0 bridgehead atoms. The van der Waals surface area contributed by atoms with Gasteiger partial charge in [-0.2, -0.15) is 4.31 Å². The molecule has 18 nitrogen and oxygen atoms in total. The minimum Gasteiger partial charge on any atom is -0.353 e. The van der Waals surface area contributed by atoms with Crippen molar-refractivity contribution in [2.45, 2.75) is 434 Å². The first kappa shape index (κ1) is 108. The Bertz CT molecular complexity index is 2920. The second kappa shape index (κ2) is 41.4. The third-order valence-electron chi connectivity index (χ3n) is 24.9. The van der Waals surface area contributed by atoms with Gasteiger partial charge in [-0.05, 0) is 321 Å². The van der Waals surface area contributed by atoms with Gasteiger partial charge < -0.3 is 15.5 Å². The quantitative estimate of drug-likeness (QED) is 0.275. The Hall–Kier alpha value is -2.04. The van der Waals surface area contributed by atoms with Crippen LogP contribution in [0.3, 0.4) is 0 Å². The van der Waals surface area contributed by atoms with Gasteiger partial charge in [0.25, 0.3) is 0 Å². The van der Waals surface area contributed by atoms with E-state index >= 15 is 0 Å². The molecule has 2 atom stereocenters. The molecule has 114 heavy (non-hydrogen) atoms. The lowest BCUT2D eigenvalue weighted by Crippen LogP contribution is -2.62. The minimum absolute atomic E-state index is 0.0308. The second-order valence-corrected chi connectivity index (χ2v) is 52.8. The highest BCUT2D eigenvalue weighted by molar-refractivity contribution is 7.90. The summed E-state index contributed by atoms with van der Waals surface area (Å²) in [5.41, 5.74) is 2.37. The zero-order chi connectivity index (χ0) is 89.0. The molecule has 8 aliphatic rings. The maximum absolute atomic E-state index is 12.4. The van der Waals surface area contributed by atoms with Crippen LogP contribution in [0.4, 0.5) is 0 Å². The van der Waals surface area contributed by atoms with E-state index < -0.39 is 14.8 Å². The van der Waals surface area contributed by atoms with Crippen molar-refractivity contribution in [2.24, 2.45) is 33.5 Å². The molecule has 676 valence electrons. The zero-order valence-corrected chi connectivity index (χ0v) is 84.7. The van der Waals surface area contributed by atoms with Crippen molar-refractivity contribution in [3.05, 3.63) is 0 Å². The Morgan fingerprint density at radius 3 is 1.08 bits per heavy atom. The zero-order valence-electron chi connectivity index (χ0n) is 83.9. The number of hydrogen-bond donors (Lipinski definition) is 2. The highest BCUT2D eigenvalue weighted by Crippen LogP contribution is 2.40. The smallest absolute Gasteiger partial charge is 0.241 e. The van der Waals surface area contributed by atoms with E-state index in [4.69, 9.17) is 0 Å². The summed E-state index contributed by atoms with van der Waals surface area (Å²) in [4.78, 5) is 61.0. The third kappa shape index (κ3) is 36.6. The normalized spacial score (nSPS) is 23.2. The summed E-state index contributed by atoms with van der Waals surface area (Å²) >= 11 is 0. The molecule has 0 aromatic heterocycles. The molecule has 3 amide bonds. The Labute approximate surface area is 709 Å². The number of piperidine rings is 4. The highest BCUT2D eigenvalue weighted by Gasteiger charge is 2.54. The maximum Gasteiger partial charge on any atom is 0.241 e. The van der Waals surface area contributed by atoms with E-state index in [1.165, 1.54) is 84.3 Å². The van der Waals surface area contributed by atoms with Crippen molar-refractivity contribution >= 4 is 27.7 Å². The molecule has 8 aliphatic heterocycles. The van der Waals surface area contributed by atoms with Crippen LogP contribution in [-0.4, -0.2) is 283 Å². The first-order chi connectivity index (χ1) is 50.7. The number of hydrogen-bond acceptors (Lipinski definition) is 14. The van der Waals surface area contributed by atoms with E-state index in [9.17, 15) is 22.8 Å². The monoisotopic (exact) mass is 1630 g/mol. The topological polar surface area (TPSA) is 145 Å². The van der Waals surface area contributed by atoms with E-state index in [1.54, 1.807) is 25.1 Å². The van der Waals surface area contributed by atoms with Crippen LogP contribution in [-0.2, 0) is 24.4 Å². The highest BCUT2D eigenvalue weighted by atomic mass is 32.2. The first-order valence-corrected chi connectivity index (χ1v) is 46.9. The number of sulfonamides is 1. The molecule has 0 aromatic rings. The summed E-state index contributed by atoms with van der Waals surface area (Å²) in [5.74, 6) is 2.56. The summed E-state index contributed by atoms with van der Waals surface area (Å²) in [7, 11) is -3.16. The van der Waals surface area contributed by atoms with Crippen LogP contribution >= 0.6 is 0 Å². The molecular formula is C95H195N13O5S. The molecule has 0 aromatic carbocycles. The van der Waals surface area contributed by atoms with Crippen molar-refractivity contribution in [3.8, 4) is 0 Å². The Morgan fingerprint density at radius 1 is 0.386 bits per heavy atom. The molecule has 8 rings (SSSR count). The van der Waals surface area contributed by atoms with Crippen LogP contribution in [0.5, 0.6) is 0 Å². The van der Waals surface area contributed by atoms with Gasteiger partial charge in [-0.3, -0.25) is 58.5 Å². The van der Waals surface area contributed by atoms with Gasteiger partial charge in [-0.15, -0.1) is 0 Å². The second-order valence-electron chi connectivity index (χ2n) is 50.1. The molecule has 1 spiro atoms. The van der Waals surface area contributed by atoms with Crippen LogP contribution in [0.25, 0.3) is 0 Å². The summed E-state index contributed by atoms with van der Waals surface area (Å²) in [6.07, 6.45) is 12.4. The molecule has 0 aliphatic carbocycles. The SMILES string of the molecule is CC(C)(C)C(=O)N1CCN(C(C)(C)C)CC1.CC(C)(C)C(=O)NC1CCN(C(C)(C)C)CC1.CC(C)(C)CC1CCCN(C(C)(C)C)C1.CC(C)(C)CC1CCN(C(C)(C)C)CC1.CC(C)(C)N1CCC2(CC1)C(=O)NCN2C(C)(C)C.CC(C)(C)N1CCN(S(=O)(=O)C(C)(C)C)CC1.CC1CN(C(C)(C)C)CCN1C(C)(C)C. The van der Waals surface area contributed by atoms with Gasteiger partial charge >= 0.3 is 0 Å². The number of carbonyl (C=O) groups is 3. The van der Waals surface area contributed by atoms with Crippen molar-refractivity contribution in [2.75, 3.05) is 131 Å². The Kier molecular flexibility index (Phi) is 39.3. The fourth-order valence-electron chi connectivity index (χ4n) is 17.6. The maximum atomic E-state index is 12.4. The van der Waals surface area contributed by atoms with Gasteiger partial charge in [0.05, 0.1) is 11.4 Å². The average Bonchev–Trinajstić information content (AvgIpc) is 1.58. The summed E-state index contributed by atoms with van der Waals surface area (Å²) in [6.45, 7) is 115. The number of piperazine rings is 3. The number of rotatable bonds is 4. The van der Waals surface area contributed by atoms with E-state index in [0.29, 0.717) is 64.8 Å². The number of nitrogens with one attached hydrogen (secondary N) is 2. The minimum atomic E-state index is -3.16. The Balaban J connectivity index is 0.000000452. The fraction of sp³-hybridized carbons (Fsp3) is 0.968. The standard InChI is InChI=1S/C15H29N3O.C14H28N2O.2C14H29N.C13H26N2O.C13H28N2.C12H26N2O2S/c1-13(2,3)17-9-7-15(8-10-17)12(19)16-11-18(15)14(4,5)6;1-13(2,3)12(17)15-11-7-9-16(10-8-11)14(4,5)6;1-13(2,3)11-12-7-9-15(10-8-12)14(4,5)6;1-13(2,3)10-12-8-7-9-15(11-12)14(4,5)6;1-12(2,3)11(16)14-7-9-15(10-8-14)13(4,5)6;1-11-10-14(12(2,3)4)8-9-15(11)13(5,6)7;1-11(2,3)13-7-9-14(10-8-13)17(15,16)12(4,5)6/h7-11H2,1-6H3,(H,16,19);11H,7-10H2,1-6H3,(H,15,17);2*12H,7-11H2,1-6H3;7-10H2,1-6H3;11H,8-10H2,1-7H3;7-10H2,1-6H3. The molecule has 0 saturated carbocycles. The fourth-order valence-corrected chi connectivity index (χ4v) is 19.0. The van der Waals surface area contributed by atoms with Gasteiger partial charge in [0.2, 0.25) is 27.7 Å². The van der Waals surface area contributed by atoms with Gasteiger partial charge in [-0.1, -0.05) is 83.1 Å². The first-order valence-electron chi connectivity index (χ1n) is 45.4. The van der Waals surface area contributed by atoms with Gasteiger partial charge in [0, 0.05) is 177 Å². The lowest BCUT2D eigenvalue weighted by molar-refractivity contribution is -0.142. The lowest BCUT2D eigenvalue weighted by atomic mass is 9.80. The van der Waals surface area contributed by atoms with Crippen LogP contribution < -0.4 is 10.6 Å². The number of nitrogens with zero attached hydrogens (tertiary/aromatic N) is 11. The van der Waals surface area contributed by atoms with Crippen molar-refractivity contribution in [3.63, 3.8) is 0 Å². The van der Waals surface area contributed by atoms with Crippen LogP contribution in [0, 0.1) is 33.5 Å². The largest absolute Gasteiger partial charge is 0.353 e. The Morgan fingerprint density at radius 2 is 0.737 bits per heavy atom. The van der Waals surface area contributed by atoms with Crippen LogP contribution in [0.2, 0.25) is 0 Å². The number of carbonyl (C=O) groups excluding carboxylic acids is 3. The lowest BCUT2D eigenvalue weighted by Gasteiger charge is -2.50. The molecule has 8 saturated heterocycles. The van der Waals surface area contributed by atoms with Crippen molar-refractivity contribution < 1.29 is 22.8 Å². The van der Waals surface area contributed by atoms with Gasteiger partial charge in [-0.25, -0.2) is 8.42 Å². The van der Waals surface area contributed by atoms with Gasteiger partial charge in [0.15, 0.2) is 0 Å².